The van der Waals surface area contributed by atoms with Gasteiger partial charge in [0.2, 0.25) is 0 Å². The van der Waals surface area contributed by atoms with Gasteiger partial charge < -0.3 is 0 Å². The summed E-state index contributed by atoms with van der Waals surface area (Å²) in [6, 6.07) is 4.81. The molecule has 0 aliphatic rings. The maximum atomic E-state index is 13.2. The maximum absolute atomic E-state index is 13.2. The number of carbonyl (C=O) groups excluding carboxylic acids is 1. The third-order valence-corrected chi connectivity index (χ3v) is 4.53. The van der Waals surface area contributed by atoms with Gasteiger partial charge in [-0.15, -0.1) is 11.3 Å². The molecule has 0 bridgehead atoms. The minimum Gasteiger partial charge on any atom is -0.267 e. The number of carbonyl (C=O) groups is 1. The Hall–Kier alpha value is -2.33. The smallest absolute Gasteiger partial charge is 0.267 e. The summed E-state index contributed by atoms with van der Waals surface area (Å²) in [6.45, 7) is 0. The normalized spacial score (nSPS) is 11.1. The molecule has 1 aromatic carbocycles. The number of thiophene rings is 1. The standard InChI is InChI=1S/C11H7FN2O5S2/c12-7-4-8(14(16)17)6-9(5-7)21(18,19)13-11(15)10-2-1-3-20-10/h1-6H,(H,13,15). The van der Waals surface area contributed by atoms with E-state index in [1.807, 2.05) is 0 Å². The average molecular weight is 330 g/mol. The molecule has 2 aromatic rings. The van der Waals surface area contributed by atoms with Gasteiger partial charge >= 0.3 is 0 Å². The van der Waals surface area contributed by atoms with E-state index in [2.05, 4.69) is 0 Å². The van der Waals surface area contributed by atoms with E-state index in [0.29, 0.717) is 18.2 Å². The molecule has 0 atom stereocenters. The first-order chi connectivity index (χ1) is 9.79. The summed E-state index contributed by atoms with van der Waals surface area (Å²) in [4.78, 5) is 20.8. The molecule has 0 aliphatic heterocycles. The number of nitrogens with zero attached hydrogens (tertiary/aromatic N) is 1. The number of halogens is 1. The van der Waals surface area contributed by atoms with Crippen molar-refractivity contribution in [3.63, 3.8) is 0 Å². The van der Waals surface area contributed by atoms with Gasteiger partial charge in [0.25, 0.3) is 21.6 Å². The Morgan fingerprint density at radius 1 is 1.33 bits per heavy atom. The summed E-state index contributed by atoms with van der Waals surface area (Å²) in [7, 11) is -4.40. The molecule has 0 saturated carbocycles. The molecular formula is C11H7FN2O5S2. The molecule has 110 valence electrons. The van der Waals surface area contributed by atoms with Crippen LogP contribution in [0.1, 0.15) is 9.67 Å². The molecule has 0 saturated heterocycles. The highest BCUT2D eigenvalue weighted by Crippen LogP contribution is 2.20. The van der Waals surface area contributed by atoms with Crippen LogP contribution in [-0.2, 0) is 10.0 Å². The minimum absolute atomic E-state index is 0.143. The molecule has 1 heterocycles. The van der Waals surface area contributed by atoms with Gasteiger partial charge in [0, 0.05) is 6.07 Å². The van der Waals surface area contributed by atoms with Gasteiger partial charge in [0.15, 0.2) is 0 Å². The third-order valence-electron chi connectivity index (χ3n) is 2.35. The molecule has 7 nitrogen and oxygen atoms in total. The first-order valence-corrected chi connectivity index (χ1v) is 7.71. The number of amides is 1. The van der Waals surface area contributed by atoms with E-state index in [-0.39, 0.29) is 4.88 Å². The number of sulfonamides is 1. The molecule has 21 heavy (non-hydrogen) atoms. The lowest BCUT2D eigenvalue weighted by molar-refractivity contribution is -0.385. The first-order valence-electron chi connectivity index (χ1n) is 5.35. The number of nitro groups is 1. The molecule has 0 fully saturated rings. The van der Waals surface area contributed by atoms with Crippen LogP contribution in [0, 0.1) is 15.9 Å². The average Bonchev–Trinajstić information content (AvgIpc) is 2.91. The fraction of sp³-hybridized carbons (Fsp3) is 0. The first kappa shape index (κ1) is 15.1. The number of benzene rings is 1. The zero-order valence-electron chi connectivity index (χ0n) is 10.1. The minimum atomic E-state index is -4.40. The number of hydrogen-bond acceptors (Lipinski definition) is 6. The predicted octanol–water partition coefficient (Wildman–Crippen LogP) is 1.91. The molecule has 0 spiro atoms. The van der Waals surface area contributed by atoms with Crippen LogP contribution in [0.15, 0.2) is 40.6 Å². The summed E-state index contributed by atoms with van der Waals surface area (Å²) in [6.07, 6.45) is 0. The summed E-state index contributed by atoms with van der Waals surface area (Å²) in [5.41, 5.74) is -0.723. The Morgan fingerprint density at radius 3 is 2.62 bits per heavy atom. The third kappa shape index (κ3) is 3.41. The van der Waals surface area contributed by atoms with Crippen molar-refractivity contribution in [2.24, 2.45) is 0 Å². The monoisotopic (exact) mass is 330 g/mol. The quantitative estimate of drug-likeness (QED) is 0.681. The van der Waals surface area contributed by atoms with Crippen LogP contribution in [0.2, 0.25) is 0 Å². The second kappa shape index (κ2) is 5.58. The van der Waals surface area contributed by atoms with Crippen LogP contribution in [-0.4, -0.2) is 19.2 Å². The van der Waals surface area contributed by atoms with Crippen molar-refractivity contribution in [3.8, 4) is 0 Å². The Bertz CT molecular complexity index is 802. The van der Waals surface area contributed by atoms with Gasteiger partial charge in [0.05, 0.1) is 20.8 Å². The van der Waals surface area contributed by atoms with E-state index >= 15 is 0 Å². The van der Waals surface area contributed by atoms with Crippen LogP contribution in [0.4, 0.5) is 10.1 Å². The van der Waals surface area contributed by atoms with E-state index < -0.39 is 37.3 Å². The molecular weight excluding hydrogens is 323 g/mol. The van der Waals surface area contributed by atoms with Gasteiger partial charge in [-0.05, 0) is 17.5 Å². The van der Waals surface area contributed by atoms with Gasteiger partial charge in [-0.2, -0.15) is 0 Å². The van der Waals surface area contributed by atoms with Crippen LogP contribution in [0.25, 0.3) is 0 Å². The highest BCUT2D eigenvalue weighted by molar-refractivity contribution is 7.90. The van der Waals surface area contributed by atoms with Crippen LogP contribution < -0.4 is 4.72 Å². The molecule has 2 rings (SSSR count). The van der Waals surface area contributed by atoms with Crippen LogP contribution >= 0.6 is 11.3 Å². The highest BCUT2D eigenvalue weighted by Gasteiger charge is 2.23. The van der Waals surface area contributed by atoms with E-state index in [1.54, 1.807) is 16.2 Å². The van der Waals surface area contributed by atoms with Crippen molar-refractivity contribution in [2.75, 3.05) is 0 Å². The van der Waals surface area contributed by atoms with Gasteiger partial charge in [-0.25, -0.2) is 17.5 Å². The van der Waals surface area contributed by atoms with Crippen molar-refractivity contribution in [2.45, 2.75) is 4.90 Å². The molecule has 10 heteroatoms. The van der Waals surface area contributed by atoms with Crippen molar-refractivity contribution in [1.29, 1.82) is 0 Å². The van der Waals surface area contributed by atoms with Crippen molar-refractivity contribution >= 4 is 33.0 Å². The Balaban J connectivity index is 2.36. The lowest BCUT2D eigenvalue weighted by Crippen LogP contribution is -2.30. The lowest BCUT2D eigenvalue weighted by Gasteiger charge is -2.06. The van der Waals surface area contributed by atoms with Crippen molar-refractivity contribution in [1.82, 2.24) is 4.72 Å². The number of non-ortho nitro benzene ring substituents is 1. The number of hydrogen-bond donors (Lipinski definition) is 1. The van der Waals surface area contributed by atoms with Crippen LogP contribution in [0.3, 0.4) is 0 Å². The van der Waals surface area contributed by atoms with E-state index in [4.69, 9.17) is 0 Å². The number of nitro benzene ring substituents is 1. The molecule has 1 N–H and O–H groups in total. The fourth-order valence-electron chi connectivity index (χ4n) is 1.45. The lowest BCUT2D eigenvalue weighted by atomic mass is 10.3. The van der Waals surface area contributed by atoms with E-state index in [9.17, 15) is 27.7 Å². The molecule has 0 unspecified atom stereocenters. The van der Waals surface area contributed by atoms with Gasteiger partial charge in [-0.3, -0.25) is 14.9 Å². The SMILES string of the molecule is O=C(NS(=O)(=O)c1cc(F)cc([N+](=O)[O-])c1)c1cccs1. The van der Waals surface area contributed by atoms with Crippen LogP contribution in [0.5, 0.6) is 0 Å². The number of rotatable bonds is 4. The zero-order valence-corrected chi connectivity index (χ0v) is 11.8. The predicted molar refractivity (Wildman–Crippen MR) is 72.0 cm³/mol. The molecule has 0 radical (unpaired) electrons. The van der Waals surface area contributed by atoms with Gasteiger partial charge in [0.1, 0.15) is 5.82 Å². The summed E-state index contributed by atoms with van der Waals surface area (Å²) in [5.74, 6) is -1.98. The summed E-state index contributed by atoms with van der Waals surface area (Å²) < 4.78 is 38.9. The molecule has 1 aromatic heterocycles. The molecule has 1 amide bonds. The molecule has 0 aliphatic carbocycles. The number of nitrogens with one attached hydrogen (secondary N) is 1. The second-order valence-electron chi connectivity index (χ2n) is 3.81. The van der Waals surface area contributed by atoms with E-state index in [1.165, 1.54) is 6.07 Å². The summed E-state index contributed by atoms with van der Waals surface area (Å²) >= 11 is 1.02. The Labute approximate surface area is 122 Å². The van der Waals surface area contributed by atoms with E-state index in [0.717, 1.165) is 11.3 Å². The summed E-state index contributed by atoms with van der Waals surface area (Å²) in [5, 5.41) is 12.2. The maximum Gasteiger partial charge on any atom is 0.275 e. The van der Waals surface area contributed by atoms with Crippen molar-refractivity contribution < 1.29 is 22.5 Å². The largest absolute Gasteiger partial charge is 0.275 e. The highest BCUT2D eigenvalue weighted by atomic mass is 32.2. The fourth-order valence-corrected chi connectivity index (χ4v) is 3.15. The Kier molecular flexibility index (Phi) is 4.00. The Morgan fingerprint density at radius 2 is 2.05 bits per heavy atom. The van der Waals surface area contributed by atoms with Gasteiger partial charge in [-0.1, -0.05) is 6.07 Å². The zero-order chi connectivity index (χ0) is 15.6. The topological polar surface area (TPSA) is 106 Å². The van der Waals surface area contributed by atoms with Crippen molar-refractivity contribution in [3.05, 3.63) is 56.5 Å². The second-order valence-corrected chi connectivity index (χ2v) is 6.44.